The van der Waals surface area contributed by atoms with E-state index in [0.29, 0.717) is 0 Å². The standard InChI is InChI=1S/C21H17NO/c23-18-11-12-22-17(13-18)14-21-19-7-3-1-5-15(19)9-10-16-6-2-4-8-20(16)21/h1-8,11-14H,9-10H2,(H,22,23). The molecule has 1 N–H and O–H groups in total. The SMILES string of the molecule is O=c1cc[nH]c(C=C2c3ccccc3CCc3ccccc32)c1. The molecule has 0 bridgehead atoms. The number of hydrogen-bond acceptors (Lipinski definition) is 1. The lowest BCUT2D eigenvalue weighted by atomic mass is 9.93. The Morgan fingerprint density at radius 3 is 2.04 bits per heavy atom. The summed E-state index contributed by atoms with van der Waals surface area (Å²) in [5.41, 5.74) is 7.24. The Morgan fingerprint density at radius 2 is 1.43 bits per heavy atom. The van der Waals surface area contributed by atoms with Gasteiger partial charge in [-0.2, -0.15) is 0 Å². The normalized spacial score (nSPS) is 13.0. The fraction of sp³-hybridized carbons (Fsp3) is 0.0952. The predicted octanol–water partition coefficient (Wildman–Crippen LogP) is 4.06. The molecule has 2 heteroatoms. The van der Waals surface area contributed by atoms with Crippen LogP contribution in [0.4, 0.5) is 0 Å². The molecule has 3 aromatic rings. The molecule has 112 valence electrons. The molecular weight excluding hydrogens is 282 g/mol. The second-order valence-electron chi connectivity index (χ2n) is 5.85. The van der Waals surface area contributed by atoms with Crippen molar-refractivity contribution in [2.75, 3.05) is 0 Å². The first-order valence-electron chi connectivity index (χ1n) is 7.88. The number of rotatable bonds is 1. The molecule has 0 spiro atoms. The van der Waals surface area contributed by atoms with Gasteiger partial charge < -0.3 is 4.98 Å². The number of aromatic nitrogens is 1. The molecule has 23 heavy (non-hydrogen) atoms. The number of hydrogen-bond donors (Lipinski definition) is 1. The number of benzene rings is 2. The molecule has 1 aliphatic carbocycles. The highest BCUT2D eigenvalue weighted by molar-refractivity contribution is 5.93. The van der Waals surface area contributed by atoms with E-state index in [1.807, 2.05) is 0 Å². The van der Waals surface area contributed by atoms with Crippen molar-refractivity contribution in [1.82, 2.24) is 4.98 Å². The molecule has 0 amide bonds. The Balaban J connectivity index is 1.98. The summed E-state index contributed by atoms with van der Waals surface area (Å²) in [5, 5.41) is 0. The van der Waals surface area contributed by atoms with E-state index in [9.17, 15) is 4.79 Å². The average molecular weight is 299 g/mol. The van der Waals surface area contributed by atoms with Gasteiger partial charge in [-0.05, 0) is 46.7 Å². The quantitative estimate of drug-likeness (QED) is 0.722. The molecule has 0 atom stereocenters. The highest BCUT2D eigenvalue weighted by atomic mass is 16.1. The van der Waals surface area contributed by atoms with Gasteiger partial charge in [0.15, 0.2) is 5.43 Å². The molecule has 1 aromatic heterocycles. The topological polar surface area (TPSA) is 32.9 Å². The average Bonchev–Trinajstić information content (AvgIpc) is 2.73. The van der Waals surface area contributed by atoms with Crippen LogP contribution in [0.15, 0.2) is 71.7 Å². The summed E-state index contributed by atoms with van der Waals surface area (Å²) in [7, 11) is 0. The highest BCUT2D eigenvalue weighted by Crippen LogP contribution is 2.34. The van der Waals surface area contributed by atoms with Crippen LogP contribution >= 0.6 is 0 Å². The van der Waals surface area contributed by atoms with Gasteiger partial charge in [-0.25, -0.2) is 0 Å². The second kappa shape index (κ2) is 5.73. The van der Waals surface area contributed by atoms with Gasteiger partial charge in [0.1, 0.15) is 0 Å². The van der Waals surface area contributed by atoms with Gasteiger partial charge in [0.05, 0.1) is 0 Å². The maximum Gasteiger partial charge on any atom is 0.182 e. The molecule has 2 nitrogen and oxygen atoms in total. The van der Waals surface area contributed by atoms with E-state index in [1.165, 1.54) is 33.9 Å². The summed E-state index contributed by atoms with van der Waals surface area (Å²) in [5.74, 6) is 0. The van der Waals surface area contributed by atoms with Gasteiger partial charge in [-0.3, -0.25) is 4.79 Å². The fourth-order valence-corrected chi connectivity index (χ4v) is 3.27. The molecule has 0 fully saturated rings. The fourth-order valence-electron chi connectivity index (χ4n) is 3.27. The van der Waals surface area contributed by atoms with Crippen LogP contribution in [0.3, 0.4) is 0 Å². The van der Waals surface area contributed by atoms with Crippen molar-refractivity contribution in [2.24, 2.45) is 0 Å². The zero-order valence-electron chi connectivity index (χ0n) is 12.8. The molecule has 0 radical (unpaired) electrons. The predicted molar refractivity (Wildman–Crippen MR) is 94.3 cm³/mol. The first-order chi connectivity index (χ1) is 11.3. The third kappa shape index (κ3) is 2.64. The molecule has 1 aliphatic rings. The summed E-state index contributed by atoms with van der Waals surface area (Å²) >= 11 is 0. The monoisotopic (exact) mass is 299 g/mol. The lowest BCUT2D eigenvalue weighted by Crippen LogP contribution is -1.99. The van der Waals surface area contributed by atoms with Crippen molar-refractivity contribution in [3.8, 4) is 0 Å². The molecule has 2 aromatic carbocycles. The number of aromatic amines is 1. The first-order valence-corrected chi connectivity index (χ1v) is 7.88. The van der Waals surface area contributed by atoms with Gasteiger partial charge in [0.2, 0.25) is 0 Å². The molecule has 0 aliphatic heterocycles. The zero-order chi connectivity index (χ0) is 15.6. The Labute approximate surface area is 135 Å². The summed E-state index contributed by atoms with van der Waals surface area (Å²) in [6.45, 7) is 0. The van der Waals surface area contributed by atoms with Crippen LogP contribution in [-0.2, 0) is 12.8 Å². The van der Waals surface area contributed by atoms with E-state index < -0.39 is 0 Å². The van der Waals surface area contributed by atoms with E-state index in [0.717, 1.165) is 18.5 Å². The Kier molecular flexibility index (Phi) is 3.43. The number of aryl methyl sites for hydroxylation is 2. The van der Waals surface area contributed by atoms with Crippen molar-refractivity contribution in [3.05, 3.63) is 105 Å². The molecule has 0 saturated heterocycles. The summed E-state index contributed by atoms with van der Waals surface area (Å²) in [4.78, 5) is 14.8. The number of pyridine rings is 1. The summed E-state index contributed by atoms with van der Waals surface area (Å²) in [6, 6.07) is 20.3. The van der Waals surface area contributed by atoms with Gasteiger partial charge in [0, 0.05) is 24.0 Å². The maximum absolute atomic E-state index is 11.6. The van der Waals surface area contributed by atoms with Crippen molar-refractivity contribution in [1.29, 1.82) is 0 Å². The minimum atomic E-state index is 0.0193. The molecular formula is C21H17NO. The number of fused-ring (bicyclic) bond motifs is 2. The summed E-state index contributed by atoms with van der Waals surface area (Å²) in [6.07, 6.45) is 5.86. The number of H-pyrrole nitrogens is 1. The molecule has 0 saturated carbocycles. The Hall–Kier alpha value is -2.87. The van der Waals surface area contributed by atoms with Crippen LogP contribution in [0, 0.1) is 0 Å². The van der Waals surface area contributed by atoms with Gasteiger partial charge >= 0.3 is 0 Å². The summed E-state index contributed by atoms with van der Waals surface area (Å²) < 4.78 is 0. The molecule has 0 unspecified atom stereocenters. The van der Waals surface area contributed by atoms with Crippen LogP contribution in [-0.4, -0.2) is 4.98 Å². The Morgan fingerprint density at radius 1 is 0.826 bits per heavy atom. The van der Waals surface area contributed by atoms with Gasteiger partial charge in [-0.15, -0.1) is 0 Å². The van der Waals surface area contributed by atoms with Crippen molar-refractivity contribution in [2.45, 2.75) is 12.8 Å². The largest absolute Gasteiger partial charge is 0.361 e. The maximum atomic E-state index is 11.6. The lowest BCUT2D eigenvalue weighted by Gasteiger charge is -2.12. The molecule has 1 heterocycles. The van der Waals surface area contributed by atoms with Crippen LogP contribution in [0.1, 0.15) is 27.9 Å². The second-order valence-corrected chi connectivity index (χ2v) is 5.85. The highest BCUT2D eigenvalue weighted by Gasteiger charge is 2.17. The number of nitrogens with one attached hydrogen (secondary N) is 1. The molecule has 4 rings (SSSR count). The lowest BCUT2D eigenvalue weighted by molar-refractivity contribution is 0.965. The minimum Gasteiger partial charge on any atom is -0.361 e. The van der Waals surface area contributed by atoms with Crippen molar-refractivity contribution in [3.63, 3.8) is 0 Å². The van der Waals surface area contributed by atoms with E-state index >= 15 is 0 Å². The third-order valence-electron chi connectivity index (χ3n) is 4.37. The van der Waals surface area contributed by atoms with Gasteiger partial charge in [-0.1, -0.05) is 48.5 Å². The minimum absolute atomic E-state index is 0.0193. The first kappa shape index (κ1) is 13.8. The third-order valence-corrected chi connectivity index (χ3v) is 4.37. The van der Waals surface area contributed by atoms with Crippen LogP contribution in [0.2, 0.25) is 0 Å². The zero-order valence-corrected chi connectivity index (χ0v) is 12.8. The van der Waals surface area contributed by atoms with E-state index in [-0.39, 0.29) is 5.43 Å². The van der Waals surface area contributed by atoms with E-state index in [1.54, 1.807) is 12.3 Å². The van der Waals surface area contributed by atoms with E-state index in [2.05, 4.69) is 59.6 Å². The smallest absolute Gasteiger partial charge is 0.182 e. The Bertz CT molecular complexity index is 900. The van der Waals surface area contributed by atoms with Crippen LogP contribution in [0.5, 0.6) is 0 Å². The van der Waals surface area contributed by atoms with Crippen molar-refractivity contribution < 1.29 is 0 Å². The van der Waals surface area contributed by atoms with Crippen molar-refractivity contribution >= 4 is 11.6 Å². The van der Waals surface area contributed by atoms with Crippen LogP contribution in [0.25, 0.3) is 11.6 Å². The van der Waals surface area contributed by atoms with Gasteiger partial charge in [0.25, 0.3) is 0 Å². The van der Waals surface area contributed by atoms with Crippen LogP contribution < -0.4 is 5.43 Å². The van der Waals surface area contributed by atoms with E-state index in [4.69, 9.17) is 0 Å².